The first-order valence-electron chi connectivity index (χ1n) is 5.33. The van der Waals surface area contributed by atoms with Crippen LogP contribution >= 0.6 is 11.8 Å². The number of aliphatic hydroxyl groups is 1. The van der Waals surface area contributed by atoms with Gasteiger partial charge in [-0.1, -0.05) is 6.92 Å². The maximum Gasteiger partial charge on any atom is 0.128 e. The first-order valence-corrected chi connectivity index (χ1v) is 6.48. The lowest BCUT2D eigenvalue weighted by Gasteiger charge is -2.13. The molecule has 0 unspecified atom stereocenters. The highest BCUT2D eigenvalue weighted by molar-refractivity contribution is 7.99. The van der Waals surface area contributed by atoms with Crippen molar-refractivity contribution in [2.24, 2.45) is 0 Å². The van der Waals surface area contributed by atoms with Gasteiger partial charge in [-0.25, -0.2) is 4.39 Å². The Bertz CT molecular complexity index is 329. The Kier molecular flexibility index (Phi) is 5.63. The third-order valence-electron chi connectivity index (χ3n) is 2.12. The summed E-state index contributed by atoms with van der Waals surface area (Å²) in [6, 6.07) is 4.21. The SMILES string of the molecule is CCSCCOc1cc(F)ccc1[C@H](C)O. The molecule has 1 rings (SSSR count). The summed E-state index contributed by atoms with van der Waals surface area (Å²) in [5.41, 5.74) is 0.628. The molecule has 0 spiro atoms. The van der Waals surface area contributed by atoms with E-state index in [0.29, 0.717) is 17.9 Å². The largest absolute Gasteiger partial charge is 0.492 e. The molecule has 0 bridgehead atoms. The minimum Gasteiger partial charge on any atom is -0.492 e. The lowest BCUT2D eigenvalue weighted by atomic mass is 10.1. The van der Waals surface area contributed by atoms with E-state index in [4.69, 9.17) is 4.74 Å². The summed E-state index contributed by atoms with van der Waals surface area (Å²) in [5.74, 6) is 2.00. The van der Waals surface area contributed by atoms with Gasteiger partial charge in [0.1, 0.15) is 11.6 Å². The zero-order chi connectivity index (χ0) is 12.0. The minimum absolute atomic E-state index is 0.345. The van der Waals surface area contributed by atoms with Crippen LogP contribution in [0.2, 0.25) is 0 Å². The number of rotatable bonds is 6. The van der Waals surface area contributed by atoms with Gasteiger partial charge < -0.3 is 9.84 Å². The Morgan fingerprint density at radius 1 is 1.50 bits per heavy atom. The molecule has 0 saturated carbocycles. The van der Waals surface area contributed by atoms with E-state index in [9.17, 15) is 9.50 Å². The first-order chi connectivity index (χ1) is 7.65. The van der Waals surface area contributed by atoms with Crippen molar-refractivity contribution in [2.45, 2.75) is 20.0 Å². The minimum atomic E-state index is -0.644. The molecule has 90 valence electrons. The van der Waals surface area contributed by atoms with Crippen molar-refractivity contribution >= 4 is 11.8 Å². The summed E-state index contributed by atoms with van der Waals surface area (Å²) >= 11 is 1.76. The second-order valence-electron chi connectivity index (χ2n) is 3.40. The molecule has 0 heterocycles. The van der Waals surface area contributed by atoms with Crippen LogP contribution in [0.25, 0.3) is 0 Å². The molecule has 0 aliphatic heterocycles. The zero-order valence-electron chi connectivity index (χ0n) is 9.57. The summed E-state index contributed by atoms with van der Waals surface area (Å²) in [4.78, 5) is 0. The Labute approximate surface area is 99.8 Å². The van der Waals surface area contributed by atoms with Crippen LogP contribution in [0, 0.1) is 5.82 Å². The Morgan fingerprint density at radius 2 is 2.25 bits per heavy atom. The first kappa shape index (κ1) is 13.3. The number of thioether (sulfide) groups is 1. The molecule has 0 aromatic heterocycles. The normalized spacial score (nSPS) is 12.5. The summed E-state index contributed by atoms with van der Waals surface area (Å²) in [6.07, 6.45) is -0.644. The van der Waals surface area contributed by atoms with E-state index >= 15 is 0 Å². The molecular weight excluding hydrogens is 227 g/mol. The molecule has 0 fully saturated rings. The van der Waals surface area contributed by atoms with Gasteiger partial charge in [0.25, 0.3) is 0 Å². The van der Waals surface area contributed by atoms with E-state index in [2.05, 4.69) is 6.92 Å². The molecule has 1 atom stereocenters. The van der Waals surface area contributed by atoms with Crippen LogP contribution in [-0.2, 0) is 0 Å². The Morgan fingerprint density at radius 3 is 2.88 bits per heavy atom. The van der Waals surface area contributed by atoms with Gasteiger partial charge in [0, 0.05) is 17.4 Å². The van der Waals surface area contributed by atoms with Crippen molar-refractivity contribution in [1.82, 2.24) is 0 Å². The molecule has 16 heavy (non-hydrogen) atoms. The van der Waals surface area contributed by atoms with E-state index in [-0.39, 0.29) is 5.82 Å². The quantitative estimate of drug-likeness (QED) is 0.780. The van der Waals surface area contributed by atoms with Gasteiger partial charge in [-0.05, 0) is 24.8 Å². The van der Waals surface area contributed by atoms with E-state index in [1.165, 1.54) is 12.1 Å². The molecule has 0 radical (unpaired) electrons. The third-order valence-corrected chi connectivity index (χ3v) is 2.98. The van der Waals surface area contributed by atoms with Gasteiger partial charge in [0.2, 0.25) is 0 Å². The van der Waals surface area contributed by atoms with Crippen LogP contribution in [-0.4, -0.2) is 23.2 Å². The fourth-order valence-corrected chi connectivity index (χ4v) is 1.82. The van der Waals surface area contributed by atoms with E-state index in [0.717, 1.165) is 11.5 Å². The van der Waals surface area contributed by atoms with Gasteiger partial charge in [0.05, 0.1) is 12.7 Å². The maximum atomic E-state index is 13.0. The van der Waals surface area contributed by atoms with Gasteiger partial charge in [0.15, 0.2) is 0 Å². The fourth-order valence-electron chi connectivity index (χ4n) is 1.33. The van der Waals surface area contributed by atoms with Crippen molar-refractivity contribution in [3.05, 3.63) is 29.6 Å². The van der Waals surface area contributed by atoms with Gasteiger partial charge in [-0.15, -0.1) is 0 Å². The monoisotopic (exact) mass is 244 g/mol. The summed E-state index contributed by atoms with van der Waals surface area (Å²) in [6.45, 7) is 4.25. The molecular formula is C12H17FO2S. The molecule has 1 N–H and O–H groups in total. The molecule has 1 aromatic carbocycles. The summed E-state index contributed by atoms with van der Waals surface area (Å²) in [5, 5.41) is 9.49. The zero-order valence-corrected chi connectivity index (χ0v) is 10.4. The number of hydrogen-bond donors (Lipinski definition) is 1. The second-order valence-corrected chi connectivity index (χ2v) is 4.80. The van der Waals surface area contributed by atoms with Crippen molar-refractivity contribution < 1.29 is 14.2 Å². The summed E-state index contributed by atoms with van der Waals surface area (Å²) in [7, 11) is 0. The third kappa shape index (κ3) is 4.02. The molecule has 4 heteroatoms. The number of hydrogen-bond acceptors (Lipinski definition) is 3. The van der Waals surface area contributed by atoms with Crippen LogP contribution in [0.3, 0.4) is 0 Å². The van der Waals surface area contributed by atoms with E-state index < -0.39 is 6.10 Å². The standard InChI is InChI=1S/C12H17FO2S/c1-3-16-7-6-15-12-8-10(13)4-5-11(12)9(2)14/h4-5,8-9,14H,3,6-7H2,1-2H3/t9-/m0/s1. The fraction of sp³-hybridized carbons (Fsp3) is 0.500. The molecule has 0 aliphatic rings. The van der Waals surface area contributed by atoms with Gasteiger partial charge in [-0.2, -0.15) is 11.8 Å². The second kappa shape index (κ2) is 6.76. The average molecular weight is 244 g/mol. The average Bonchev–Trinajstić information content (AvgIpc) is 2.24. The highest BCUT2D eigenvalue weighted by Crippen LogP contribution is 2.26. The van der Waals surface area contributed by atoms with E-state index in [1.54, 1.807) is 24.8 Å². The van der Waals surface area contributed by atoms with Crippen LogP contribution in [0.5, 0.6) is 5.75 Å². The van der Waals surface area contributed by atoms with Crippen molar-refractivity contribution in [2.75, 3.05) is 18.1 Å². The summed E-state index contributed by atoms with van der Waals surface area (Å²) < 4.78 is 18.5. The molecule has 0 aliphatic carbocycles. The van der Waals surface area contributed by atoms with Gasteiger partial charge in [-0.3, -0.25) is 0 Å². The predicted octanol–water partition coefficient (Wildman–Crippen LogP) is 3.01. The van der Waals surface area contributed by atoms with Gasteiger partial charge >= 0.3 is 0 Å². The van der Waals surface area contributed by atoms with Crippen LogP contribution in [0.15, 0.2) is 18.2 Å². The van der Waals surface area contributed by atoms with E-state index in [1.807, 2.05) is 0 Å². The van der Waals surface area contributed by atoms with Crippen molar-refractivity contribution in [3.63, 3.8) is 0 Å². The lowest BCUT2D eigenvalue weighted by Crippen LogP contribution is -2.04. The molecule has 0 amide bonds. The highest BCUT2D eigenvalue weighted by Gasteiger charge is 2.10. The lowest BCUT2D eigenvalue weighted by molar-refractivity contribution is 0.192. The van der Waals surface area contributed by atoms with Crippen LogP contribution in [0.1, 0.15) is 25.5 Å². The van der Waals surface area contributed by atoms with Crippen molar-refractivity contribution in [3.8, 4) is 5.75 Å². The topological polar surface area (TPSA) is 29.5 Å². The number of halogens is 1. The highest BCUT2D eigenvalue weighted by atomic mass is 32.2. The number of aliphatic hydroxyl groups excluding tert-OH is 1. The smallest absolute Gasteiger partial charge is 0.128 e. The van der Waals surface area contributed by atoms with Crippen LogP contribution < -0.4 is 4.74 Å². The Balaban J connectivity index is 2.65. The molecule has 0 saturated heterocycles. The molecule has 1 aromatic rings. The predicted molar refractivity (Wildman–Crippen MR) is 65.5 cm³/mol. The Hall–Kier alpha value is -0.740. The maximum absolute atomic E-state index is 13.0. The van der Waals surface area contributed by atoms with Crippen LogP contribution in [0.4, 0.5) is 4.39 Å². The van der Waals surface area contributed by atoms with Crippen molar-refractivity contribution in [1.29, 1.82) is 0 Å². The number of ether oxygens (including phenoxy) is 1. The number of benzene rings is 1. The molecule has 2 nitrogen and oxygen atoms in total.